The average molecular weight is 332 g/mol. The number of nitrogens with one attached hydrogen (secondary N) is 1. The van der Waals surface area contributed by atoms with E-state index in [1.165, 1.54) is 23.9 Å². The minimum Gasteiger partial charge on any atom is -0.325 e. The average Bonchev–Trinajstić information content (AvgIpc) is 2.79. The molecule has 0 spiro atoms. The van der Waals surface area contributed by atoms with Gasteiger partial charge < -0.3 is 10.2 Å². The molecule has 22 heavy (non-hydrogen) atoms. The van der Waals surface area contributed by atoms with Crippen molar-refractivity contribution in [3.05, 3.63) is 35.4 Å². The maximum absolute atomic E-state index is 12.6. The molecule has 1 heterocycles. The van der Waals surface area contributed by atoms with Crippen molar-refractivity contribution in [2.75, 3.05) is 18.8 Å². The van der Waals surface area contributed by atoms with Crippen molar-refractivity contribution < 1.29 is 18.0 Å². The Morgan fingerprint density at radius 2 is 1.95 bits per heavy atom. The van der Waals surface area contributed by atoms with Crippen LogP contribution in [0.25, 0.3) is 0 Å². The summed E-state index contributed by atoms with van der Waals surface area (Å²) < 4.78 is 37.8. The summed E-state index contributed by atoms with van der Waals surface area (Å²) in [6, 6.07) is 5.39. The third-order valence-electron chi connectivity index (χ3n) is 3.40. The Morgan fingerprint density at radius 3 is 2.50 bits per heavy atom. The van der Waals surface area contributed by atoms with Crippen LogP contribution in [0.4, 0.5) is 13.2 Å². The van der Waals surface area contributed by atoms with E-state index in [0.29, 0.717) is 24.9 Å². The first-order valence-corrected chi connectivity index (χ1v) is 8.15. The summed E-state index contributed by atoms with van der Waals surface area (Å²) in [7, 11) is 0. The second-order valence-electron chi connectivity index (χ2n) is 5.48. The predicted octanol–water partition coefficient (Wildman–Crippen LogP) is 3.28. The van der Waals surface area contributed by atoms with E-state index in [2.05, 4.69) is 5.32 Å². The first-order chi connectivity index (χ1) is 10.3. The summed E-state index contributed by atoms with van der Waals surface area (Å²) in [6.45, 7) is 5.26. The standard InChI is InChI=1S/C15H19F3N2OS/c1-10(2)19-7-8-20-13(21)9-22-14(20)11-3-5-12(6-4-11)15(16,17)18/h3-6,10,14,19H,7-9H2,1-2H3/t14-/m1/s1. The summed E-state index contributed by atoms with van der Waals surface area (Å²) in [5.74, 6) is 0.397. The molecule has 1 saturated heterocycles. The number of hydrogen-bond donors (Lipinski definition) is 1. The second kappa shape index (κ2) is 6.91. The van der Waals surface area contributed by atoms with Gasteiger partial charge in [-0.1, -0.05) is 26.0 Å². The zero-order chi connectivity index (χ0) is 16.3. The molecule has 1 N–H and O–H groups in total. The molecular formula is C15H19F3N2OS. The molecule has 7 heteroatoms. The predicted molar refractivity (Wildman–Crippen MR) is 81.5 cm³/mol. The van der Waals surface area contributed by atoms with Crippen LogP contribution in [-0.4, -0.2) is 35.7 Å². The molecule has 1 fully saturated rings. The van der Waals surface area contributed by atoms with E-state index in [0.717, 1.165) is 17.7 Å². The van der Waals surface area contributed by atoms with Gasteiger partial charge in [0.05, 0.1) is 11.3 Å². The van der Waals surface area contributed by atoms with Crippen LogP contribution in [0.1, 0.15) is 30.3 Å². The van der Waals surface area contributed by atoms with Crippen molar-refractivity contribution in [2.24, 2.45) is 0 Å². The molecule has 0 bridgehead atoms. The first-order valence-electron chi connectivity index (χ1n) is 7.10. The highest BCUT2D eigenvalue weighted by Gasteiger charge is 2.34. The van der Waals surface area contributed by atoms with Gasteiger partial charge in [-0.2, -0.15) is 13.2 Å². The van der Waals surface area contributed by atoms with Gasteiger partial charge in [0.25, 0.3) is 0 Å². The number of thioether (sulfide) groups is 1. The highest BCUT2D eigenvalue weighted by Crippen LogP contribution is 2.39. The lowest BCUT2D eigenvalue weighted by Crippen LogP contribution is -2.37. The zero-order valence-corrected chi connectivity index (χ0v) is 13.3. The molecule has 0 radical (unpaired) electrons. The van der Waals surface area contributed by atoms with Gasteiger partial charge in [0.15, 0.2) is 0 Å². The Kier molecular flexibility index (Phi) is 5.39. The minimum absolute atomic E-state index is 0.0282. The van der Waals surface area contributed by atoms with Crippen LogP contribution in [0.2, 0.25) is 0 Å². The van der Waals surface area contributed by atoms with E-state index in [4.69, 9.17) is 0 Å². The number of rotatable bonds is 5. The molecule has 1 aliphatic rings. The van der Waals surface area contributed by atoms with Crippen LogP contribution in [0, 0.1) is 0 Å². The fourth-order valence-corrected chi connectivity index (χ4v) is 3.50. The fourth-order valence-electron chi connectivity index (χ4n) is 2.28. The van der Waals surface area contributed by atoms with Gasteiger partial charge in [-0.15, -0.1) is 11.8 Å². The molecule has 1 aliphatic heterocycles. The van der Waals surface area contributed by atoms with Gasteiger partial charge in [-0.25, -0.2) is 0 Å². The molecule has 0 aromatic heterocycles. The summed E-state index contributed by atoms with van der Waals surface area (Å²) in [6.07, 6.45) is -4.34. The second-order valence-corrected chi connectivity index (χ2v) is 6.55. The van der Waals surface area contributed by atoms with Crippen molar-refractivity contribution in [1.29, 1.82) is 0 Å². The zero-order valence-electron chi connectivity index (χ0n) is 12.5. The molecule has 1 aromatic rings. The normalized spacial score (nSPS) is 19.3. The van der Waals surface area contributed by atoms with Gasteiger partial charge in [-0.3, -0.25) is 4.79 Å². The van der Waals surface area contributed by atoms with E-state index in [1.807, 2.05) is 13.8 Å². The van der Waals surface area contributed by atoms with E-state index < -0.39 is 11.7 Å². The smallest absolute Gasteiger partial charge is 0.325 e. The third kappa shape index (κ3) is 4.16. The van der Waals surface area contributed by atoms with Gasteiger partial charge in [0, 0.05) is 19.1 Å². The summed E-state index contributed by atoms with van der Waals surface area (Å²) in [5.41, 5.74) is 0.0620. The number of benzene rings is 1. The van der Waals surface area contributed by atoms with Crippen LogP contribution in [0.15, 0.2) is 24.3 Å². The molecule has 1 aromatic carbocycles. The Bertz CT molecular complexity index is 517. The van der Waals surface area contributed by atoms with E-state index in [-0.39, 0.29) is 11.3 Å². The molecule has 1 atom stereocenters. The maximum atomic E-state index is 12.6. The SMILES string of the molecule is CC(C)NCCN1C(=O)CS[C@@H]1c1ccc(C(F)(F)F)cc1. The van der Waals surface area contributed by atoms with E-state index >= 15 is 0 Å². The van der Waals surface area contributed by atoms with E-state index in [1.54, 1.807) is 4.90 Å². The van der Waals surface area contributed by atoms with Crippen LogP contribution in [-0.2, 0) is 11.0 Å². The lowest BCUT2D eigenvalue weighted by molar-refractivity contribution is -0.137. The van der Waals surface area contributed by atoms with Crippen molar-refractivity contribution >= 4 is 17.7 Å². The number of nitrogens with zero attached hydrogens (tertiary/aromatic N) is 1. The van der Waals surface area contributed by atoms with Gasteiger partial charge in [0.2, 0.25) is 5.91 Å². The summed E-state index contributed by atoms with van der Waals surface area (Å²) >= 11 is 1.45. The topological polar surface area (TPSA) is 32.3 Å². The van der Waals surface area contributed by atoms with Gasteiger partial charge >= 0.3 is 6.18 Å². The summed E-state index contributed by atoms with van der Waals surface area (Å²) in [5, 5.41) is 3.04. The number of carbonyl (C=O) groups is 1. The van der Waals surface area contributed by atoms with E-state index in [9.17, 15) is 18.0 Å². The molecule has 0 saturated carbocycles. The Labute approximate surface area is 132 Å². The van der Waals surface area contributed by atoms with Crippen molar-refractivity contribution in [1.82, 2.24) is 10.2 Å². The Hall–Kier alpha value is -1.21. The Balaban J connectivity index is 2.07. The highest BCUT2D eigenvalue weighted by atomic mass is 32.2. The molecule has 122 valence electrons. The van der Waals surface area contributed by atoms with Crippen LogP contribution < -0.4 is 5.32 Å². The number of carbonyl (C=O) groups excluding carboxylic acids is 1. The largest absolute Gasteiger partial charge is 0.416 e. The molecule has 3 nitrogen and oxygen atoms in total. The quantitative estimate of drug-likeness (QED) is 0.898. The van der Waals surface area contributed by atoms with Crippen LogP contribution in [0.5, 0.6) is 0 Å². The van der Waals surface area contributed by atoms with Crippen LogP contribution in [0.3, 0.4) is 0 Å². The van der Waals surface area contributed by atoms with Crippen molar-refractivity contribution in [3.63, 3.8) is 0 Å². The molecule has 0 unspecified atom stereocenters. The lowest BCUT2D eigenvalue weighted by atomic mass is 10.1. The molecule has 1 amide bonds. The third-order valence-corrected chi connectivity index (χ3v) is 4.65. The highest BCUT2D eigenvalue weighted by molar-refractivity contribution is 8.00. The number of amides is 1. The number of alkyl halides is 3. The van der Waals surface area contributed by atoms with Crippen molar-refractivity contribution in [3.8, 4) is 0 Å². The molecule has 2 rings (SSSR count). The first kappa shape index (κ1) is 17.1. The molecule has 0 aliphatic carbocycles. The number of hydrogen-bond acceptors (Lipinski definition) is 3. The lowest BCUT2D eigenvalue weighted by Gasteiger charge is -2.25. The van der Waals surface area contributed by atoms with Gasteiger partial charge in [-0.05, 0) is 17.7 Å². The van der Waals surface area contributed by atoms with Crippen LogP contribution >= 0.6 is 11.8 Å². The monoisotopic (exact) mass is 332 g/mol. The fraction of sp³-hybridized carbons (Fsp3) is 0.533. The van der Waals surface area contributed by atoms with Gasteiger partial charge in [0.1, 0.15) is 5.37 Å². The number of halogens is 3. The minimum atomic E-state index is -4.34. The van der Waals surface area contributed by atoms with Crippen molar-refractivity contribution in [2.45, 2.75) is 31.4 Å². The Morgan fingerprint density at radius 1 is 1.32 bits per heavy atom. The summed E-state index contributed by atoms with van der Waals surface area (Å²) in [4.78, 5) is 13.7. The molecular weight excluding hydrogens is 313 g/mol. The maximum Gasteiger partial charge on any atom is 0.416 e.